The summed E-state index contributed by atoms with van der Waals surface area (Å²) in [5.41, 5.74) is 2.90. The first kappa shape index (κ1) is 17.1. The van der Waals surface area contributed by atoms with Gasteiger partial charge in [0.15, 0.2) is 5.78 Å². The number of piperazine rings is 1. The van der Waals surface area contributed by atoms with Gasteiger partial charge in [0.25, 0.3) is 0 Å². The number of benzene rings is 1. The molecule has 2 heterocycles. The number of ether oxygens (including phenoxy) is 1. The molecule has 0 bridgehead atoms. The van der Waals surface area contributed by atoms with Crippen LogP contribution in [0.25, 0.3) is 0 Å². The third-order valence-electron chi connectivity index (χ3n) is 5.49. The highest BCUT2D eigenvalue weighted by Crippen LogP contribution is 2.32. The van der Waals surface area contributed by atoms with E-state index in [9.17, 15) is 9.18 Å². The Morgan fingerprint density at radius 2 is 1.81 bits per heavy atom. The smallest absolute Gasteiger partial charge is 0.168 e. The first-order valence-electron chi connectivity index (χ1n) is 9.32. The molecule has 0 N–H and O–H groups in total. The molecule has 5 nitrogen and oxygen atoms in total. The second-order valence-electron chi connectivity index (χ2n) is 7.05. The maximum Gasteiger partial charge on any atom is 0.168 e. The topological polar surface area (TPSA) is 45.1 Å². The summed E-state index contributed by atoms with van der Waals surface area (Å²) in [5.74, 6) is 1.44. The van der Waals surface area contributed by atoms with E-state index >= 15 is 0 Å². The Morgan fingerprint density at radius 3 is 2.58 bits per heavy atom. The van der Waals surface area contributed by atoms with E-state index < -0.39 is 0 Å². The highest BCUT2D eigenvalue weighted by Gasteiger charge is 2.29. The molecule has 138 valence electrons. The number of anilines is 1. The maximum atomic E-state index is 13.4. The molecule has 0 radical (unpaired) electrons. The van der Waals surface area contributed by atoms with Gasteiger partial charge in [-0.15, -0.1) is 0 Å². The third-order valence-corrected chi connectivity index (χ3v) is 5.49. The van der Waals surface area contributed by atoms with E-state index in [2.05, 4.69) is 9.80 Å². The van der Waals surface area contributed by atoms with Crippen molar-refractivity contribution in [3.8, 4) is 5.75 Å². The number of aliphatic imine (C=N–C) groups is 1. The van der Waals surface area contributed by atoms with Crippen molar-refractivity contribution >= 4 is 17.3 Å². The Balaban J connectivity index is 1.47. The van der Waals surface area contributed by atoms with Crippen molar-refractivity contribution in [1.29, 1.82) is 0 Å². The predicted molar refractivity (Wildman–Crippen MR) is 99.3 cm³/mol. The molecule has 0 saturated carbocycles. The Hall–Kier alpha value is -2.37. The molecule has 0 aromatic heterocycles. The van der Waals surface area contributed by atoms with E-state index in [1.165, 1.54) is 12.1 Å². The summed E-state index contributed by atoms with van der Waals surface area (Å²) in [4.78, 5) is 21.7. The van der Waals surface area contributed by atoms with Crippen LogP contribution < -0.4 is 9.64 Å². The van der Waals surface area contributed by atoms with Crippen LogP contribution in [0.1, 0.15) is 32.1 Å². The zero-order chi connectivity index (χ0) is 18.1. The Labute approximate surface area is 153 Å². The first-order valence-corrected chi connectivity index (χ1v) is 9.32. The van der Waals surface area contributed by atoms with Gasteiger partial charge >= 0.3 is 0 Å². The number of halogens is 1. The van der Waals surface area contributed by atoms with Gasteiger partial charge in [-0.1, -0.05) is 0 Å². The molecule has 1 aromatic rings. The minimum atomic E-state index is -0.295. The number of amidine groups is 1. The van der Waals surface area contributed by atoms with Crippen LogP contribution in [0.15, 0.2) is 34.5 Å². The molecule has 0 spiro atoms. The van der Waals surface area contributed by atoms with Gasteiger partial charge in [0.1, 0.15) is 17.4 Å². The number of carbonyl (C=O) groups excluding carboxylic acids is 1. The van der Waals surface area contributed by atoms with Crippen LogP contribution in [0.5, 0.6) is 5.75 Å². The fraction of sp³-hybridized carbons (Fsp3) is 0.500. The molecule has 26 heavy (non-hydrogen) atoms. The number of hydrogen-bond donors (Lipinski definition) is 0. The summed E-state index contributed by atoms with van der Waals surface area (Å²) in [6.07, 6.45) is 4.48. The second kappa shape index (κ2) is 7.09. The lowest BCUT2D eigenvalue weighted by Gasteiger charge is -2.39. The third kappa shape index (κ3) is 3.20. The lowest BCUT2D eigenvalue weighted by Crippen LogP contribution is -2.49. The van der Waals surface area contributed by atoms with Gasteiger partial charge < -0.3 is 14.5 Å². The van der Waals surface area contributed by atoms with Gasteiger partial charge in [-0.05, 0) is 37.8 Å². The SMILES string of the molecule is COc1cc(F)ccc1N1CCN(C2=NC3=C(CCCC3)C(=O)C2)CC1. The quantitative estimate of drug-likeness (QED) is 0.816. The molecule has 0 amide bonds. The van der Waals surface area contributed by atoms with Crippen LogP contribution in [0.3, 0.4) is 0 Å². The molecular formula is C20H24FN3O2. The standard InChI is InChI=1S/C20H24FN3O2/c1-26-19-12-14(21)6-7-17(19)23-8-10-24(11-9-23)20-13-18(25)15-4-2-3-5-16(15)22-20/h6-7,12H,2-5,8-11,13H2,1H3. The number of nitrogens with zero attached hydrogens (tertiary/aromatic N) is 3. The van der Waals surface area contributed by atoms with Gasteiger partial charge in [0.05, 0.1) is 19.2 Å². The number of ketones is 1. The average molecular weight is 357 g/mol. The number of allylic oxidation sites excluding steroid dienone is 2. The van der Waals surface area contributed by atoms with Gasteiger partial charge in [-0.25, -0.2) is 9.38 Å². The summed E-state index contributed by atoms with van der Waals surface area (Å²) in [7, 11) is 1.56. The van der Waals surface area contributed by atoms with E-state index in [0.29, 0.717) is 12.2 Å². The van der Waals surface area contributed by atoms with Crippen LogP contribution in [0.4, 0.5) is 10.1 Å². The molecule has 6 heteroatoms. The summed E-state index contributed by atoms with van der Waals surface area (Å²) >= 11 is 0. The molecule has 0 unspecified atom stereocenters. The molecule has 1 aliphatic carbocycles. The molecule has 4 rings (SSSR count). The second-order valence-corrected chi connectivity index (χ2v) is 7.05. The predicted octanol–water partition coefficient (Wildman–Crippen LogP) is 3.16. The summed E-state index contributed by atoms with van der Waals surface area (Å²) in [5, 5.41) is 0. The van der Waals surface area contributed by atoms with Gasteiger partial charge in [0, 0.05) is 43.5 Å². The Bertz CT molecular complexity index is 779. The largest absolute Gasteiger partial charge is 0.494 e. The summed E-state index contributed by atoms with van der Waals surface area (Å²) < 4.78 is 18.7. The van der Waals surface area contributed by atoms with E-state index in [-0.39, 0.29) is 11.6 Å². The fourth-order valence-corrected chi connectivity index (χ4v) is 4.06. The molecule has 3 aliphatic rings. The minimum Gasteiger partial charge on any atom is -0.494 e. The first-order chi connectivity index (χ1) is 12.7. The van der Waals surface area contributed by atoms with Crippen LogP contribution in [-0.4, -0.2) is 49.8 Å². The number of Topliss-reactive ketones (excluding diaryl/α,β-unsaturated/α-hetero) is 1. The molecule has 1 aromatic carbocycles. The zero-order valence-corrected chi connectivity index (χ0v) is 15.1. The fourth-order valence-electron chi connectivity index (χ4n) is 4.06. The van der Waals surface area contributed by atoms with E-state index in [4.69, 9.17) is 9.73 Å². The van der Waals surface area contributed by atoms with Crippen LogP contribution >= 0.6 is 0 Å². The van der Waals surface area contributed by atoms with E-state index in [0.717, 1.165) is 74.7 Å². The van der Waals surface area contributed by atoms with Gasteiger partial charge in [-0.3, -0.25) is 4.79 Å². The highest BCUT2D eigenvalue weighted by atomic mass is 19.1. The van der Waals surface area contributed by atoms with Crippen LogP contribution in [0, 0.1) is 5.82 Å². The maximum absolute atomic E-state index is 13.4. The Kier molecular flexibility index (Phi) is 4.66. The molecule has 1 fully saturated rings. The van der Waals surface area contributed by atoms with Gasteiger partial charge in [0.2, 0.25) is 0 Å². The summed E-state index contributed by atoms with van der Waals surface area (Å²) in [6.45, 7) is 3.19. The molecular weight excluding hydrogens is 333 g/mol. The van der Waals surface area contributed by atoms with Crippen molar-refractivity contribution in [2.45, 2.75) is 32.1 Å². The van der Waals surface area contributed by atoms with Crippen LogP contribution in [-0.2, 0) is 4.79 Å². The van der Waals surface area contributed by atoms with E-state index in [1.54, 1.807) is 13.2 Å². The van der Waals surface area contributed by atoms with Crippen molar-refractivity contribution in [3.63, 3.8) is 0 Å². The number of rotatable bonds is 2. The minimum absolute atomic E-state index is 0.257. The van der Waals surface area contributed by atoms with Crippen molar-refractivity contribution in [2.75, 3.05) is 38.2 Å². The molecule has 1 saturated heterocycles. The number of methoxy groups -OCH3 is 1. The van der Waals surface area contributed by atoms with Crippen molar-refractivity contribution in [1.82, 2.24) is 4.90 Å². The molecule has 2 aliphatic heterocycles. The lowest BCUT2D eigenvalue weighted by atomic mass is 9.90. The van der Waals surface area contributed by atoms with Gasteiger partial charge in [-0.2, -0.15) is 0 Å². The normalized spacial score (nSPS) is 20.8. The lowest BCUT2D eigenvalue weighted by molar-refractivity contribution is -0.115. The monoisotopic (exact) mass is 357 g/mol. The summed E-state index contributed by atoms with van der Waals surface area (Å²) in [6, 6.07) is 4.65. The number of carbonyl (C=O) groups is 1. The van der Waals surface area contributed by atoms with Crippen LogP contribution in [0.2, 0.25) is 0 Å². The highest BCUT2D eigenvalue weighted by molar-refractivity contribution is 6.11. The zero-order valence-electron chi connectivity index (χ0n) is 15.1. The van der Waals surface area contributed by atoms with E-state index in [1.807, 2.05) is 0 Å². The Morgan fingerprint density at radius 1 is 1.08 bits per heavy atom. The van der Waals surface area contributed by atoms with Crippen molar-refractivity contribution < 1.29 is 13.9 Å². The number of hydrogen-bond acceptors (Lipinski definition) is 5. The van der Waals surface area contributed by atoms with Crippen molar-refractivity contribution in [3.05, 3.63) is 35.3 Å². The molecule has 0 atom stereocenters. The van der Waals surface area contributed by atoms with Crippen molar-refractivity contribution in [2.24, 2.45) is 4.99 Å². The average Bonchev–Trinajstić information content (AvgIpc) is 2.68.